The molecule has 0 atom stereocenters. The molecule has 6 heteroatoms. The molecule has 0 saturated heterocycles. The number of rotatable bonds is 3. The van der Waals surface area contributed by atoms with E-state index in [1.54, 1.807) is 37.7 Å². The molecule has 0 N–H and O–H groups in total. The van der Waals surface area contributed by atoms with Crippen molar-refractivity contribution >= 4 is 5.65 Å². The number of aromatic nitrogens is 2. The van der Waals surface area contributed by atoms with Gasteiger partial charge in [0.2, 0.25) is 0 Å². The van der Waals surface area contributed by atoms with Crippen molar-refractivity contribution in [3.05, 3.63) is 65.6 Å². The molecule has 2 aromatic heterocycles. The average molecular weight is 306 g/mol. The van der Waals surface area contributed by atoms with Gasteiger partial charge in [-0.3, -0.25) is 0 Å². The lowest BCUT2D eigenvalue weighted by Gasteiger charge is -2.07. The van der Waals surface area contributed by atoms with E-state index >= 15 is 0 Å². The van der Waals surface area contributed by atoms with Crippen molar-refractivity contribution in [2.75, 3.05) is 7.11 Å². The van der Waals surface area contributed by atoms with Gasteiger partial charge in [0.05, 0.1) is 18.4 Å². The second kappa shape index (κ2) is 5.36. The number of alkyl halides is 3. The number of methoxy groups -OCH3 is 1. The first-order valence-electron chi connectivity index (χ1n) is 6.63. The number of nitrogens with zero attached hydrogens (tertiary/aromatic N) is 2. The zero-order chi connectivity index (χ0) is 15.7. The van der Waals surface area contributed by atoms with Gasteiger partial charge in [-0.2, -0.15) is 13.2 Å². The molecule has 0 unspecified atom stereocenters. The molecular weight excluding hydrogens is 293 g/mol. The SMILES string of the molecule is COc1ccn2cc(Cc3cccc(C(F)(F)F)c3)nc2c1. The van der Waals surface area contributed by atoms with Crippen LogP contribution in [0.2, 0.25) is 0 Å². The summed E-state index contributed by atoms with van der Waals surface area (Å²) in [5, 5.41) is 0. The number of hydrogen-bond acceptors (Lipinski definition) is 2. The molecular formula is C16H13F3N2O. The zero-order valence-electron chi connectivity index (χ0n) is 11.8. The van der Waals surface area contributed by atoms with Crippen molar-refractivity contribution in [2.24, 2.45) is 0 Å². The molecule has 0 spiro atoms. The summed E-state index contributed by atoms with van der Waals surface area (Å²) in [4.78, 5) is 4.41. The Morgan fingerprint density at radius 2 is 2.00 bits per heavy atom. The summed E-state index contributed by atoms with van der Waals surface area (Å²) >= 11 is 0. The maximum absolute atomic E-state index is 12.7. The Labute approximate surface area is 125 Å². The highest BCUT2D eigenvalue weighted by Gasteiger charge is 2.30. The van der Waals surface area contributed by atoms with Crippen LogP contribution in [0.1, 0.15) is 16.8 Å². The first-order chi connectivity index (χ1) is 10.5. The average Bonchev–Trinajstić information content (AvgIpc) is 2.87. The predicted octanol–water partition coefficient (Wildman–Crippen LogP) is 3.95. The van der Waals surface area contributed by atoms with Crippen molar-refractivity contribution in [1.29, 1.82) is 0 Å². The van der Waals surface area contributed by atoms with E-state index in [4.69, 9.17) is 4.74 Å². The first kappa shape index (κ1) is 14.4. The van der Waals surface area contributed by atoms with Gasteiger partial charge in [0.15, 0.2) is 0 Å². The third kappa shape index (κ3) is 2.90. The van der Waals surface area contributed by atoms with E-state index < -0.39 is 11.7 Å². The summed E-state index contributed by atoms with van der Waals surface area (Å²) in [7, 11) is 1.57. The van der Waals surface area contributed by atoms with E-state index in [-0.39, 0.29) is 0 Å². The fourth-order valence-corrected chi connectivity index (χ4v) is 2.29. The standard InChI is InChI=1S/C16H13F3N2O/c1-22-14-5-6-21-10-13(20-15(21)9-14)8-11-3-2-4-12(7-11)16(17,18)19/h2-7,9-10H,8H2,1H3. The van der Waals surface area contributed by atoms with Crippen molar-refractivity contribution in [1.82, 2.24) is 9.38 Å². The lowest BCUT2D eigenvalue weighted by atomic mass is 10.1. The Morgan fingerprint density at radius 1 is 1.18 bits per heavy atom. The maximum atomic E-state index is 12.7. The molecule has 0 fully saturated rings. The Balaban J connectivity index is 1.90. The molecule has 3 rings (SSSR count). The quantitative estimate of drug-likeness (QED) is 0.732. The summed E-state index contributed by atoms with van der Waals surface area (Å²) in [6, 6.07) is 8.87. The van der Waals surface area contributed by atoms with Crippen LogP contribution in [0.25, 0.3) is 5.65 Å². The van der Waals surface area contributed by atoms with Gasteiger partial charge in [-0.25, -0.2) is 4.98 Å². The van der Waals surface area contributed by atoms with Crippen LogP contribution in [0.4, 0.5) is 13.2 Å². The molecule has 1 aromatic carbocycles. The minimum absolute atomic E-state index is 0.341. The molecule has 114 valence electrons. The van der Waals surface area contributed by atoms with Crippen LogP contribution < -0.4 is 4.74 Å². The molecule has 0 aliphatic heterocycles. The largest absolute Gasteiger partial charge is 0.497 e. The zero-order valence-corrected chi connectivity index (χ0v) is 11.8. The van der Waals surface area contributed by atoms with Crippen LogP contribution in [0, 0.1) is 0 Å². The second-order valence-corrected chi connectivity index (χ2v) is 4.94. The van der Waals surface area contributed by atoms with E-state index in [9.17, 15) is 13.2 Å². The first-order valence-corrected chi connectivity index (χ1v) is 6.63. The van der Waals surface area contributed by atoms with E-state index in [1.807, 2.05) is 4.40 Å². The highest BCUT2D eigenvalue weighted by atomic mass is 19.4. The second-order valence-electron chi connectivity index (χ2n) is 4.94. The highest BCUT2D eigenvalue weighted by molar-refractivity contribution is 5.46. The smallest absolute Gasteiger partial charge is 0.416 e. The van der Waals surface area contributed by atoms with E-state index in [1.165, 1.54) is 6.07 Å². The van der Waals surface area contributed by atoms with Gasteiger partial charge in [-0.15, -0.1) is 0 Å². The lowest BCUT2D eigenvalue weighted by molar-refractivity contribution is -0.137. The maximum Gasteiger partial charge on any atom is 0.416 e. The topological polar surface area (TPSA) is 26.5 Å². The summed E-state index contributed by atoms with van der Waals surface area (Å²) in [5.74, 6) is 0.684. The number of ether oxygens (including phenoxy) is 1. The van der Waals surface area contributed by atoms with Crippen LogP contribution in [0.3, 0.4) is 0 Å². The van der Waals surface area contributed by atoms with Gasteiger partial charge < -0.3 is 9.14 Å². The third-order valence-corrected chi connectivity index (χ3v) is 3.36. The Bertz CT molecular complexity index is 809. The Morgan fingerprint density at radius 3 is 2.73 bits per heavy atom. The van der Waals surface area contributed by atoms with Gasteiger partial charge in [0.1, 0.15) is 11.4 Å². The van der Waals surface area contributed by atoms with Crippen molar-refractivity contribution in [3.63, 3.8) is 0 Å². The van der Waals surface area contributed by atoms with Gasteiger partial charge >= 0.3 is 6.18 Å². The molecule has 2 heterocycles. The molecule has 0 aliphatic carbocycles. The summed E-state index contributed by atoms with van der Waals surface area (Å²) in [6.45, 7) is 0. The molecule has 0 saturated carbocycles. The number of benzene rings is 1. The summed E-state index contributed by atoms with van der Waals surface area (Å²) in [5.41, 5.74) is 1.33. The fourth-order valence-electron chi connectivity index (χ4n) is 2.29. The highest BCUT2D eigenvalue weighted by Crippen LogP contribution is 2.30. The normalized spacial score (nSPS) is 11.8. The molecule has 22 heavy (non-hydrogen) atoms. The molecule has 0 radical (unpaired) electrons. The van der Waals surface area contributed by atoms with Gasteiger partial charge in [-0.1, -0.05) is 18.2 Å². The monoisotopic (exact) mass is 306 g/mol. The van der Waals surface area contributed by atoms with Crippen LogP contribution in [0.15, 0.2) is 48.8 Å². The fraction of sp³-hybridized carbons (Fsp3) is 0.188. The molecule has 0 bridgehead atoms. The van der Waals surface area contributed by atoms with Gasteiger partial charge in [-0.05, 0) is 17.7 Å². The molecule has 0 amide bonds. The van der Waals surface area contributed by atoms with Crippen molar-refractivity contribution < 1.29 is 17.9 Å². The molecule has 3 nitrogen and oxygen atoms in total. The minimum atomic E-state index is -4.33. The number of pyridine rings is 1. The lowest BCUT2D eigenvalue weighted by Crippen LogP contribution is -2.05. The van der Waals surface area contributed by atoms with Crippen molar-refractivity contribution in [3.8, 4) is 5.75 Å². The third-order valence-electron chi connectivity index (χ3n) is 3.36. The molecule has 3 aromatic rings. The van der Waals surface area contributed by atoms with Crippen LogP contribution in [-0.2, 0) is 12.6 Å². The molecule has 0 aliphatic rings. The van der Waals surface area contributed by atoms with Gasteiger partial charge in [0, 0.05) is 24.9 Å². The number of imidazole rings is 1. The number of halogens is 3. The van der Waals surface area contributed by atoms with E-state index in [0.717, 1.165) is 12.1 Å². The van der Waals surface area contributed by atoms with Crippen LogP contribution in [-0.4, -0.2) is 16.5 Å². The minimum Gasteiger partial charge on any atom is -0.497 e. The van der Waals surface area contributed by atoms with Crippen LogP contribution >= 0.6 is 0 Å². The Hall–Kier alpha value is -2.50. The van der Waals surface area contributed by atoms with Gasteiger partial charge in [0.25, 0.3) is 0 Å². The number of hydrogen-bond donors (Lipinski definition) is 0. The predicted molar refractivity (Wildman–Crippen MR) is 76.0 cm³/mol. The van der Waals surface area contributed by atoms with E-state index in [2.05, 4.69) is 4.98 Å². The van der Waals surface area contributed by atoms with Crippen molar-refractivity contribution in [2.45, 2.75) is 12.6 Å². The number of fused-ring (bicyclic) bond motifs is 1. The Kier molecular flexibility index (Phi) is 3.52. The van der Waals surface area contributed by atoms with Crippen LogP contribution in [0.5, 0.6) is 5.75 Å². The van der Waals surface area contributed by atoms with E-state index in [0.29, 0.717) is 29.1 Å². The summed E-state index contributed by atoms with van der Waals surface area (Å²) in [6.07, 6.45) is -0.387. The summed E-state index contributed by atoms with van der Waals surface area (Å²) < 4.78 is 45.1.